The molecule has 0 amide bonds. The largest absolute Gasteiger partial charge is 0.456 e. The molecule has 8 heteroatoms. The lowest BCUT2D eigenvalue weighted by atomic mass is 9.91. The number of esters is 1. The molecule has 9 atom stereocenters. The lowest BCUT2D eigenvalue weighted by Crippen LogP contribution is -2.46. The van der Waals surface area contributed by atoms with Gasteiger partial charge in [0.25, 0.3) is 0 Å². The number of carbonyl (C=O) groups is 1. The van der Waals surface area contributed by atoms with Crippen LogP contribution >= 0.6 is 0 Å². The molecule has 0 aromatic heterocycles. The molecule has 2 bridgehead atoms. The molecule has 4 heterocycles. The van der Waals surface area contributed by atoms with Gasteiger partial charge in [0, 0.05) is 12.5 Å². The fourth-order valence-corrected chi connectivity index (χ4v) is 12.8. The Labute approximate surface area is 304 Å². The molecule has 1 fully saturated rings. The number of ether oxygens (including phenoxy) is 4. The van der Waals surface area contributed by atoms with Gasteiger partial charge in [0.1, 0.15) is 18.3 Å². The van der Waals surface area contributed by atoms with Gasteiger partial charge in [-0.05, 0) is 69.5 Å². The first-order chi connectivity index (χ1) is 24.1. The van der Waals surface area contributed by atoms with Gasteiger partial charge in [-0.15, -0.1) is 0 Å². The second-order valence-electron chi connectivity index (χ2n) is 15.6. The maximum atomic E-state index is 13.6. The van der Waals surface area contributed by atoms with Crippen molar-refractivity contribution in [1.29, 1.82) is 0 Å². The highest BCUT2D eigenvalue weighted by atomic mass is 28.4. The van der Waals surface area contributed by atoms with E-state index in [1.807, 2.05) is 6.08 Å². The van der Waals surface area contributed by atoms with Crippen LogP contribution in [0.5, 0.6) is 0 Å². The first kappa shape index (κ1) is 41.0. The van der Waals surface area contributed by atoms with Gasteiger partial charge >= 0.3 is 5.97 Å². The summed E-state index contributed by atoms with van der Waals surface area (Å²) in [5.74, 6) is 0.0102. The molecule has 1 N–H and O–H groups in total. The van der Waals surface area contributed by atoms with E-state index < -0.39 is 26.6 Å². The fourth-order valence-electron chi connectivity index (χ4n) is 7.89. The predicted molar refractivity (Wildman–Crippen MR) is 205 cm³/mol. The third-order valence-electron chi connectivity index (χ3n) is 10.8. The lowest BCUT2D eigenvalue weighted by molar-refractivity contribution is -0.147. The second kappa shape index (κ2) is 21.0. The summed E-state index contributed by atoms with van der Waals surface area (Å²) in [5.41, 5.74) is 2.35. The molecule has 0 aliphatic carbocycles. The van der Waals surface area contributed by atoms with Crippen LogP contribution in [0, 0.1) is 5.92 Å². The number of cyclic esters (lactones) is 1. The van der Waals surface area contributed by atoms with Crippen LogP contribution in [-0.2, 0) is 28.2 Å². The van der Waals surface area contributed by atoms with Crippen molar-refractivity contribution in [3.63, 3.8) is 0 Å². The second-order valence-corrected chi connectivity index (χ2v) is 19.7. The van der Waals surface area contributed by atoms with E-state index in [1.165, 1.54) is 5.57 Å². The van der Waals surface area contributed by atoms with E-state index in [9.17, 15) is 9.90 Å². The zero-order valence-electron chi connectivity index (χ0n) is 31.9. The molecule has 0 spiro atoms. The summed E-state index contributed by atoms with van der Waals surface area (Å²) in [6.45, 7) is 16.1. The normalized spacial score (nSPS) is 32.8. The van der Waals surface area contributed by atoms with Crippen LogP contribution in [0.2, 0.25) is 18.1 Å². The maximum Gasteiger partial charge on any atom is 0.330 e. The third-order valence-corrected chi connectivity index (χ3v) is 15.3. The summed E-state index contributed by atoms with van der Waals surface area (Å²) in [6, 6.07) is 3.32. The molecule has 0 aromatic rings. The van der Waals surface area contributed by atoms with Gasteiger partial charge in [-0.25, -0.2) is 4.79 Å². The summed E-state index contributed by atoms with van der Waals surface area (Å²) in [6.07, 6.45) is 23.8. The van der Waals surface area contributed by atoms with Gasteiger partial charge in [-0.3, -0.25) is 0 Å². The van der Waals surface area contributed by atoms with Crippen LogP contribution in [0.15, 0.2) is 60.3 Å². The Hall–Kier alpha value is -1.81. The highest BCUT2D eigenvalue weighted by Gasteiger charge is 2.48. The molecule has 282 valence electrons. The molecule has 4 rings (SSSR count). The topological polar surface area (TPSA) is 86.8 Å². The molecule has 0 saturated carbocycles. The first-order valence-electron chi connectivity index (χ1n) is 20.0. The monoisotopic (exact) mass is 712 g/mol. The van der Waals surface area contributed by atoms with Crippen LogP contribution < -0.4 is 0 Å². The number of aliphatic hydroxyl groups is 1. The van der Waals surface area contributed by atoms with Gasteiger partial charge < -0.3 is 28.5 Å². The molecule has 0 aromatic carbocycles. The van der Waals surface area contributed by atoms with Crippen LogP contribution in [0.3, 0.4) is 0 Å². The van der Waals surface area contributed by atoms with E-state index in [4.69, 9.17) is 23.4 Å². The fraction of sp³-hybridized carbons (Fsp3) is 0.738. The Balaban J connectivity index is 1.65. The maximum absolute atomic E-state index is 13.6. The Morgan fingerprint density at radius 2 is 1.72 bits per heavy atom. The average molecular weight is 713 g/mol. The van der Waals surface area contributed by atoms with Crippen molar-refractivity contribution < 1.29 is 33.3 Å². The Bertz CT molecular complexity index is 1150. The summed E-state index contributed by atoms with van der Waals surface area (Å²) in [5, 5.41) is 11.3. The van der Waals surface area contributed by atoms with E-state index in [0.717, 1.165) is 87.9 Å². The van der Waals surface area contributed by atoms with Crippen molar-refractivity contribution >= 4 is 14.3 Å². The van der Waals surface area contributed by atoms with Crippen LogP contribution in [0.1, 0.15) is 118 Å². The van der Waals surface area contributed by atoms with Gasteiger partial charge in [0.15, 0.2) is 8.32 Å². The minimum absolute atomic E-state index is 0.0496. The van der Waals surface area contributed by atoms with E-state index >= 15 is 0 Å². The highest BCUT2D eigenvalue weighted by Crippen LogP contribution is 2.38. The SMILES string of the molecule is C=C1C[C@H](C)C[C@@H]2CC=C[C@@H](C/C=C/C(=O)O[C@H]([C@H](/C=C/[C@@H]3CC(C)=CCO3)O[Si](CCCC)(CCCC)CCCC)C[C@H]3O[C@H]3[C@@H](O)C1)O2. The van der Waals surface area contributed by atoms with Gasteiger partial charge in [0.2, 0.25) is 0 Å². The van der Waals surface area contributed by atoms with E-state index in [1.54, 1.807) is 6.08 Å². The number of hydrogen-bond donors (Lipinski definition) is 1. The smallest absolute Gasteiger partial charge is 0.330 e. The highest BCUT2D eigenvalue weighted by molar-refractivity contribution is 6.73. The first-order valence-corrected chi connectivity index (χ1v) is 22.5. The molecule has 4 aliphatic heterocycles. The minimum atomic E-state index is -2.23. The average Bonchev–Trinajstić information content (AvgIpc) is 3.86. The number of rotatable bonds is 14. The number of fused-ring (bicyclic) bond motifs is 3. The summed E-state index contributed by atoms with van der Waals surface area (Å²) in [7, 11) is -2.23. The number of aliphatic hydroxyl groups excluding tert-OH is 1. The number of carbonyl (C=O) groups excluding carboxylic acids is 1. The van der Waals surface area contributed by atoms with Crippen molar-refractivity contribution in [2.75, 3.05) is 6.61 Å². The predicted octanol–water partition coefficient (Wildman–Crippen LogP) is 9.48. The van der Waals surface area contributed by atoms with Crippen molar-refractivity contribution in [3.05, 3.63) is 60.3 Å². The van der Waals surface area contributed by atoms with Gasteiger partial charge in [-0.1, -0.05) is 120 Å². The van der Waals surface area contributed by atoms with E-state index in [2.05, 4.69) is 71.6 Å². The van der Waals surface area contributed by atoms with Gasteiger partial charge in [0.05, 0.1) is 37.1 Å². The zero-order chi connectivity index (χ0) is 35.9. The standard InChI is InChI=1S/C42H68O7Si/c1-7-10-23-50(24-11-8-2,25-12-9-3)49-38(20-19-35-27-31(4)21-22-45-35)39-30-40-42(48-40)37(43)29-33(6)26-32(5)28-36-17-13-15-34(46-36)16-14-18-41(44)47-39/h13-15,18-21,32,34-40,42-43H,6-12,16-17,22-30H2,1-5H3/b18-14+,20-19+/t32-,34-,35+,36-,37-,38-,39-,40+,42-/m0/s1. The number of hydrogen-bond acceptors (Lipinski definition) is 7. The summed E-state index contributed by atoms with van der Waals surface area (Å²) < 4.78 is 32.5. The molecule has 0 radical (unpaired) electrons. The van der Waals surface area contributed by atoms with Crippen molar-refractivity contribution in [2.45, 2.75) is 185 Å². The van der Waals surface area contributed by atoms with Crippen molar-refractivity contribution in [3.8, 4) is 0 Å². The Morgan fingerprint density at radius 3 is 2.40 bits per heavy atom. The van der Waals surface area contributed by atoms with E-state index in [-0.39, 0.29) is 36.5 Å². The van der Waals surface area contributed by atoms with E-state index in [0.29, 0.717) is 31.8 Å². The third kappa shape index (κ3) is 13.6. The quantitative estimate of drug-likeness (QED) is 0.0831. The Morgan fingerprint density at radius 1 is 1.00 bits per heavy atom. The molecular weight excluding hydrogens is 645 g/mol. The molecule has 50 heavy (non-hydrogen) atoms. The minimum Gasteiger partial charge on any atom is -0.456 e. The van der Waals surface area contributed by atoms with Crippen LogP contribution in [0.25, 0.3) is 0 Å². The van der Waals surface area contributed by atoms with Crippen molar-refractivity contribution in [2.24, 2.45) is 5.92 Å². The number of epoxide rings is 1. The molecule has 0 unspecified atom stereocenters. The summed E-state index contributed by atoms with van der Waals surface area (Å²) in [4.78, 5) is 13.6. The van der Waals surface area contributed by atoms with Crippen LogP contribution in [0.4, 0.5) is 0 Å². The molecule has 7 nitrogen and oxygen atoms in total. The molecule has 1 saturated heterocycles. The number of unbranched alkanes of at least 4 members (excludes halogenated alkanes) is 3. The Kier molecular flexibility index (Phi) is 17.2. The zero-order valence-corrected chi connectivity index (χ0v) is 32.9. The lowest BCUT2D eigenvalue weighted by Gasteiger charge is -2.38. The van der Waals surface area contributed by atoms with Crippen LogP contribution in [-0.4, -0.2) is 74.8 Å². The van der Waals surface area contributed by atoms with Crippen molar-refractivity contribution in [1.82, 2.24) is 0 Å². The molecular formula is C42H68O7Si. The van der Waals surface area contributed by atoms with Gasteiger partial charge in [-0.2, -0.15) is 0 Å². The summed E-state index contributed by atoms with van der Waals surface area (Å²) >= 11 is 0. The molecule has 4 aliphatic rings.